The third-order valence-electron chi connectivity index (χ3n) is 3.49. The Labute approximate surface area is 100.0 Å². The molecule has 0 saturated heterocycles. The molecule has 1 aliphatic carbocycles. The van der Waals surface area contributed by atoms with Crippen LogP contribution in [0.2, 0.25) is 0 Å². The molecule has 0 bridgehead atoms. The molecule has 2 nitrogen and oxygen atoms in total. The zero-order valence-electron chi connectivity index (χ0n) is 11.0. The number of ether oxygens (including phenoxy) is 1. The fourth-order valence-electron chi connectivity index (χ4n) is 2.35. The Morgan fingerprint density at radius 2 is 2.12 bits per heavy atom. The zero-order chi connectivity index (χ0) is 12.0. The van der Waals surface area contributed by atoms with Crippen LogP contribution in [-0.4, -0.2) is 12.7 Å². The van der Waals surface area contributed by atoms with Gasteiger partial charge in [-0.1, -0.05) is 19.8 Å². The summed E-state index contributed by atoms with van der Waals surface area (Å²) in [6.07, 6.45) is 7.55. The van der Waals surface area contributed by atoms with Crippen molar-refractivity contribution in [2.75, 3.05) is 6.61 Å². The van der Waals surface area contributed by atoms with Crippen LogP contribution >= 0.6 is 0 Å². The molecule has 0 aliphatic heterocycles. The van der Waals surface area contributed by atoms with Crippen molar-refractivity contribution in [2.45, 2.75) is 65.4 Å². The van der Waals surface area contributed by atoms with Gasteiger partial charge in [-0.05, 0) is 45.4 Å². The van der Waals surface area contributed by atoms with Crippen LogP contribution in [0.1, 0.15) is 59.3 Å². The Morgan fingerprint density at radius 1 is 1.38 bits per heavy atom. The summed E-state index contributed by atoms with van der Waals surface area (Å²) in [6.45, 7) is 7.13. The first kappa shape index (κ1) is 13.5. The van der Waals surface area contributed by atoms with Gasteiger partial charge in [-0.3, -0.25) is 0 Å². The molecule has 1 fully saturated rings. The Hall–Kier alpha value is -0.550. The van der Waals surface area contributed by atoms with Crippen LogP contribution in [0.3, 0.4) is 0 Å². The number of hydrogen-bond donors (Lipinski definition) is 0. The summed E-state index contributed by atoms with van der Waals surface area (Å²) in [5.74, 6) is 0.828. The summed E-state index contributed by atoms with van der Waals surface area (Å²) >= 11 is 0. The molecule has 0 heterocycles. The highest BCUT2D eigenvalue weighted by atomic mass is 16.5. The summed E-state index contributed by atoms with van der Waals surface area (Å²) in [5, 5.41) is 8.89. The van der Waals surface area contributed by atoms with E-state index in [1.54, 1.807) is 0 Å². The molecule has 0 spiro atoms. The lowest BCUT2D eigenvalue weighted by atomic mass is 9.88. The van der Waals surface area contributed by atoms with Crippen molar-refractivity contribution in [1.82, 2.24) is 0 Å². The van der Waals surface area contributed by atoms with Gasteiger partial charge < -0.3 is 4.74 Å². The molecule has 0 aromatic heterocycles. The molecule has 2 heteroatoms. The highest BCUT2D eigenvalue weighted by molar-refractivity contribution is 4.91. The first-order valence-corrected chi connectivity index (χ1v) is 6.56. The molecule has 0 amide bonds. The van der Waals surface area contributed by atoms with Gasteiger partial charge in [0.25, 0.3) is 0 Å². The molecule has 1 aliphatic rings. The number of rotatable bonds is 5. The van der Waals surface area contributed by atoms with E-state index in [1.165, 1.54) is 25.7 Å². The molecule has 0 aromatic rings. The van der Waals surface area contributed by atoms with Crippen LogP contribution in [0.5, 0.6) is 0 Å². The van der Waals surface area contributed by atoms with E-state index in [2.05, 4.69) is 13.0 Å². The van der Waals surface area contributed by atoms with Crippen molar-refractivity contribution in [3.63, 3.8) is 0 Å². The minimum absolute atomic E-state index is 0.191. The van der Waals surface area contributed by atoms with E-state index in [9.17, 15) is 0 Å². The van der Waals surface area contributed by atoms with Crippen molar-refractivity contribution < 1.29 is 4.74 Å². The molecule has 0 N–H and O–H groups in total. The Morgan fingerprint density at radius 3 is 2.75 bits per heavy atom. The topological polar surface area (TPSA) is 33.0 Å². The van der Waals surface area contributed by atoms with Crippen molar-refractivity contribution >= 4 is 0 Å². The first-order chi connectivity index (χ1) is 7.53. The van der Waals surface area contributed by atoms with Crippen molar-refractivity contribution in [3.8, 4) is 6.07 Å². The smallest absolute Gasteiger partial charge is 0.0683 e. The second-order valence-electron chi connectivity index (χ2n) is 5.86. The normalized spacial score (nSPS) is 26.4. The van der Waals surface area contributed by atoms with Crippen LogP contribution < -0.4 is 0 Å². The van der Waals surface area contributed by atoms with Crippen LogP contribution in [0.15, 0.2) is 0 Å². The highest BCUT2D eigenvalue weighted by Gasteiger charge is 2.20. The maximum atomic E-state index is 8.89. The quantitative estimate of drug-likeness (QED) is 0.662. The minimum atomic E-state index is -0.191. The molecule has 1 saturated carbocycles. The fraction of sp³-hybridized carbons (Fsp3) is 0.929. The molecule has 2 atom stereocenters. The summed E-state index contributed by atoms with van der Waals surface area (Å²) in [5.41, 5.74) is -0.191. The van der Waals surface area contributed by atoms with E-state index in [1.807, 2.05) is 13.8 Å². The van der Waals surface area contributed by atoms with Crippen molar-refractivity contribution in [3.05, 3.63) is 0 Å². The van der Waals surface area contributed by atoms with Gasteiger partial charge in [-0.2, -0.15) is 5.26 Å². The predicted molar refractivity (Wildman–Crippen MR) is 66.0 cm³/mol. The third-order valence-corrected chi connectivity index (χ3v) is 3.49. The lowest BCUT2D eigenvalue weighted by Crippen LogP contribution is -2.22. The first-order valence-electron chi connectivity index (χ1n) is 6.56. The van der Waals surface area contributed by atoms with Crippen LogP contribution in [-0.2, 0) is 4.74 Å². The van der Waals surface area contributed by atoms with Crippen LogP contribution in [0, 0.1) is 22.7 Å². The second kappa shape index (κ2) is 6.25. The van der Waals surface area contributed by atoms with Crippen molar-refractivity contribution in [2.24, 2.45) is 11.3 Å². The van der Waals surface area contributed by atoms with Gasteiger partial charge in [0.2, 0.25) is 0 Å². The maximum Gasteiger partial charge on any atom is 0.0683 e. The Kier molecular flexibility index (Phi) is 5.28. The summed E-state index contributed by atoms with van der Waals surface area (Å²) in [7, 11) is 0. The standard InChI is InChI=1S/C14H25NO/c1-12-6-4-7-13(10-12)16-9-5-8-14(2,3)11-15/h12-13H,4-10H2,1-3H3. The highest BCUT2D eigenvalue weighted by Crippen LogP contribution is 2.26. The predicted octanol–water partition coefficient (Wildman–Crippen LogP) is 3.91. The lowest BCUT2D eigenvalue weighted by Gasteiger charge is -2.27. The Bertz CT molecular complexity index is 242. The van der Waals surface area contributed by atoms with Gasteiger partial charge in [0.05, 0.1) is 17.6 Å². The fourth-order valence-corrected chi connectivity index (χ4v) is 2.35. The number of nitriles is 1. The maximum absolute atomic E-state index is 8.89. The molecular formula is C14H25NO. The summed E-state index contributed by atoms with van der Waals surface area (Å²) < 4.78 is 5.88. The molecule has 16 heavy (non-hydrogen) atoms. The number of hydrogen-bond acceptors (Lipinski definition) is 2. The van der Waals surface area contributed by atoms with Gasteiger partial charge in [0, 0.05) is 6.61 Å². The second-order valence-corrected chi connectivity index (χ2v) is 5.86. The van der Waals surface area contributed by atoms with Gasteiger partial charge in [0.1, 0.15) is 0 Å². The number of nitrogens with zero attached hydrogens (tertiary/aromatic N) is 1. The molecule has 2 unspecified atom stereocenters. The van der Waals surface area contributed by atoms with Crippen LogP contribution in [0.25, 0.3) is 0 Å². The lowest BCUT2D eigenvalue weighted by molar-refractivity contribution is 0.0119. The SMILES string of the molecule is CC1CCCC(OCCCC(C)(C)C#N)C1. The summed E-state index contributed by atoms with van der Waals surface area (Å²) in [6, 6.07) is 2.33. The van der Waals surface area contributed by atoms with Gasteiger partial charge in [-0.25, -0.2) is 0 Å². The molecule has 0 radical (unpaired) electrons. The average Bonchev–Trinajstić information content (AvgIpc) is 2.25. The van der Waals surface area contributed by atoms with E-state index in [0.717, 1.165) is 25.4 Å². The Balaban J connectivity index is 2.09. The molecular weight excluding hydrogens is 198 g/mol. The molecule has 0 aromatic carbocycles. The van der Waals surface area contributed by atoms with E-state index in [-0.39, 0.29) is 5.41 Å². The van der Waals surface area contributed by atoms with Crippen LogP contribution in [0.4, 0.5) is 0 Å². The van der Waals surface area contributed by atoms with E-state index in [0.29, 0.717) is 6.10 Å². The van der Waals surface area contributed by atoms with E-state index < -0.39 is 0 Å². The summed E-state index contributed by atoms with van der Waals surface area (Å²) in [4.78, 5) is 0. The zero-order valence-corrected chi connectivity index (χ0v) is 11.0. The van der Waals surface area contributed by atoms with Gasteiger partial charge in [-0.15, -0.1) is 0 Å². The van der Waals surface area contributed by atoms with E-state index in [4.69, 9.17) is 10.00 Å². The van der Waals surface area contributed by atoms with Crippen molar-refractivity contribution in [1.29, 1.82) is 5.26 Å². The third kappa shape index (κ3) is 4.99. The largest absolute Gasteiger partial charge is 0.378 e. The van der Waals surface area contributed by atoms with Gasteiger partial charge >= 0.3 is 0 Å². The molecule has 92 valence electrons. The van der Waals surface area contributed by atoms with Gasteiger partial charge in [0.15, 0.2) is 0 Å². The monoisotopic (exact) mass is 223 g/mol. The minimum Gasteiger partial charge on any atom is -0.378 e. The molecule has 1 rings (SSSR count). The average molecular weight is 223 g/mol. The van der Waals surface area contributed by atoms with E-state index >= 15 is 0 Å².